The zero-order valence-electron chi connectivity index (χ0n) is 10.3. The topological polar surface area (TPSA) is 57.5 Å². The number of aliphatic carboxylic acids is 1. The summed E-state index contributed by atoms with van der Waals surface area (Å²) >= 11 is 0. The molecule has 0 saturated heterocycles. The molecule has 0 heterocycles. The molecule has 2 aliphatic rings. The molecule has 1 saturated carbocycles. The van der Waals surface area contributed by atoms with Gasteiger partial charge in [0.1, 0.15) is 6.10 Å². The number of fused-ring (bicyclic) bond motifs is 2. The van der Waals surface area contributed by atoms with Crippen molar-refractivity contribution < 1.29 is 23.8 Å². The number of carboxylic acids is 1. The molecule has 0 amide bonds. The van der Waals surface area contributed by atoms with Crippen molar-refractivity contribution >= 4 is 5.97 Å². The third-order valence-electron chi connectivity index (χ3n) is 4.18. The highest BCUT2D eigenvalue weighted by Gasteiger charge is 2.55. The summed E-state index contributed by atoms with van der Waals surface area (Å²) in [5, 5.41) is 18.3. The Kier molecular flexibility index (Phi) is 3.21. The molecule has 102 valence electrons. The maximum Gasteiger partial charge on any atom is 0.377 e. The average molecular weight is 260 g/mol. The van der Waals surface area contributed by atoms with E-state index in [0.717, 1.165) is 31.3 Å². The molecule has 0 aromatic rings. The van der Waals surface area contributed by atoms with Crippen LogP contribution in [0, 0.1) is 11.3 Å². The first-order chi connectivity index (χ1) is 8.25. The highest BCUT2D eigenvalue weighted by Crippen LogP contribution is 2.48. The maximum atomic E-state index is 13.5. The SMILES string of the molecule is CC1(C(O)C(F)(F)C(=O)O)C=C2CCCC(C2)C1. The fraction of sp³-hybridized carbons (Fsp3) is 0.769. The summed E-state index contributed by atoms with van der Waals surface area (Å²) in [4.78, 5) is 10.6. The molecule has 0 aliphatic heterocycles. The molecule has 1 fully saturated rings. The quantitative estimate of drug-likeness (QED) is 0.767. The van der Waals surface area contributed by atoms with Crippen molar-refractivity contribution in [2.24, 2.45) is 11.3 Å². The number of halogens is 2. The second-order valence-electron chi connectivity index (χ2n) is 5.81. The zero-order valence-corrected chi connectivity index (χ0v) is 10.3. The van der Waals surface area contributed by atoms with Crippen LogP contribution in [0.1, 0.15) is 39.0 Å². The van der Waals surface area contributed by atoms with E-state index in [0.29, 0.717) is 12.3 Å². The lowest BCUT2D eigenvalue weighted by molar-refractivity contribution is -0.194. The van der Waals surface area contributed by atoms with E-state index < -0.39 is 23.4 Å². The van der Waals surface area contributed by atoms with Crippen LogP contribution in [-0.2, 0) is 4.79 Å². The Labute approximate surface area is 104 Å². The van der Waals surface area contributed by atoms with E-state index in [4.69, 9.17) is 5.11 Å². The summed E-state index contributed by atoms with van der Waals surface area (Å²) < 4.78 is 26.9. The van der Waals surface area contributed by atoms with Gasteiger partial charge in [0.25, 0.3) is 0 Å². The first-order valence-electron chi connectivity index (χ1n) is 6.25. The van der Waals surface area contributed by atoms with E-state index in [2.05, 4.69) is 0 Å². The highest BCUT2D eigenvalue weighted by atomic mass is 19.3. The number of carbonyl (C=O) groups is 1. The molecule has 2 rings (SSSR count). The van der Waals surface area contributed by atoms with Crippen LogP contribution in [0.3, 0.4) is 0 Å². The molecule has 0 aromatic carbocycles. The normalized spacial score (nSPS) is 33.8. The average Bonchev–Trinajstić information content (AvgIpc) is 2.27. The standard InChI is InChI=1S/C13H18F2O3/c1-12(10(16)13(14,15)11(17)18)6-8-3-2-4-9(5-8)7-12/h6,9-10,16H,2-5,7H2,1H3,(H,17,18). The van der Waals surface area contributed by atoms with Crippen molar-refractivity contribution in [1.29, 1.82) is 0 Å². The van der Waals surface area contributed by atoms with Crippen molar-refractivity contribution in [2.45, 2.75) is 51.1 Å². The predicted molar refractivity (Wildman–Crippen MR) is 61.4 cm³/mol. The number of carboxylic acid groups (broad SMARTS) is 1. The predicted octanol–water partition coefficient (Wildman–Crippen LogP) is 2.59. The maximum absolute atomic E-state index is 13.5. The molecule has 2 aliphatic carbocycles. The molecule has 0 spiro atoms. The molecule has 5 heteroatoms. The van der Waals surface area contributed by atoms with E-state index in [1.807, 2.05) is 0 Å². The van der Waals surface area contributed by atoms with Crippen LogP contribution < -0.4 is 0 Å². The van der Waals surface area contributed by atoms with Crippen molar-refractivity contribution in [3.63, 3.8) is 0 Å². The van der Waals surface area contributed by atoms with Gasteiger partial charge in [0.15, 0.2) is 0 Å². The minimum absolute atomic E-state index is 0.294. The molecular weight excluding hydrogens is 242 g/mol. The zero-order chi connectivity index (χ0) is 13.6. The molecule has 0 aromatic heterocycles. The van der Waals surface area contributed by atoms with Gasteiger partial charge in [-0.15, -0.1) is 0 Å². The molecule has 2 bridgehead atoms. The number of hydrogen-bond acceptors (Lipinski definition) is 2. The fourth-order valence-electron chi connectivity index (χ4n) is 3.37. The molecule has 18 heavy (non-hydrogen) atoms. The van der Waals surface area contributed by atoms with E-state index in [-0.39, 0.29) is 0 Å². The summed E-state index contributed by atoms with van der Waals surface area (Å²) in [6.45, 7) is 1.53. The van der Waals surface area contributed by atoms with Crippen LogP contribution in [0.5, 0.6) is 0 Å². The minimum Gasteiger partial charge on any atom is -0.477 e. The fourth-order valence-corrected chi connectivity index (χ4v) is 3.37. The van der Waals surface area contributed by atoms with Gasteiger partial charge >= 0.3 is 11.9 Å². The van der Waals surface area contributed by atoms with Crippen molar-refractivity contribution in [3.05, 3.63) is 11.6 Å². The largest absolute Gasteiger partial charge is 0.477 e. The van der Waals surface area contributed by atoms with Crippen molar-refractivity contribution in [1.82, 2.24) is 0 Å². The number of hydrogen-bond donors (Lipinski definition) is 2. The van der Waals surface area contributed by atoms with Gasteiger partial charge in [-0.3, -0.25) is 0 Å². The van der Waals surface area contributed by atoms with Crippen LogP contribution in [-0.4, -0.2) is 28.2 Å². The molecular formula is C13H18F2O3. The Bertz CT molecular complexity index is 392. The molecule has 3 unspecified atom stereocenters. The number of aliphatic hydroxyl groups is 1. The smallest absolute Gasteiger partial charge is 0.377 e. The van der Waals surface area contributed by atoms with Gasteiger partial charge in [-0.1, -0.05) is 18.6 Å². The number of allylic oxidation sites excluding steroid dienone is 1. The molecule has 3 atom stereocenters. The van der Waals surface area contributed by atoms with Gasteiger partial charge in [-0.25, -0.2) is 4.79 Å². The van der Waals surface area contributed by atoms with Crippen LogP contribution in [0.4, 0.5) is 8.78 Å². The second-order valence-corrected chi connectivity index (χ2v) is 5.81. The molecule has 3 nitrogen and oxygen atoms in total. The van der Waals surface area contributed by atoms with Gasteiger partial charge in [0.2, 0.25) is 0 Å². The summed E-state index contributed by atoms with van der Waals surface area (Å²) in [6, 6.07) is 0. The summed E-state index contributed by atoms with van der Waals surface area (Å²) in [5.74, 6) is -6.06. The van der Waals surface area contributed by atoms with E-state index in [1.165, 1.54) is 6.92 Å². The van der Waals surface area contributed by atoms with Gasteiger partial charge in [0, 0.05) is 5.41 Å². The van der Waals surface area contributed by atoms with Gasteiger partial charge in [-0.05, 0) is 38.0 Å². The van der Waals surface area contributed by atoms with E-state index >= 15 is 0 Å². The number of aliphatic hydroxyl groups excluding tert-OH is 1. The first-order valence-corrected chi connectivity index (χ1v) is 6.25. The Balaban J connectivity index is 2.29. The van der Waals surface area contributed by atoms with Crippen LogP contribution >= 0.6 is 0 Å². The molecule has 2 N–H and O–H groups in total. The summed E-state index contributed by atoms with van der Waals surface area (Å²) in [5.41, 5.74) is -0.0548. The first kappa shape index (κ1) is 13.5. The van der Waals surface area contributed by atoms with Gasteiger partial charge in [0.05, 0.1) is 0 Å². The lowest BCUT2D eigenvalue weighted by Crippen LogP contribution is -2.51. The van der Waals surface area contributed by atoms with Crippen LogP contribution in [0.15, 0.2) is 11.6 Å². The number of alkyl halides is 2. The number of rotatable bonds is 3. The third-order valence-corrected chi connectivity index (χ3v) is 4.18. The minimum atomic E-state index is -4.10. The second kappa shape index (κ2) is 4.30. The van der Waals surface area contributed by atoms with Crippen LogP contribution in [0.25, 0.3) is 0 Å². The van der Waals surface area contributed by atoms with Crippen LogP contribution in [0.2, 0.25) is 0 Å². The van der Waals surface area contributed by atoms with Gasteiger partial charge in [-0.2, -0.15) is 8.78 Å². The van der Waals surface area contributed by atoms with Gasteiger partial charge < -0.3 is 10.2 Å². The Morgan fingerprint density at radius 1 is 1.61 bits per heavy atom. The Hall–Kier alpha value is -0.970. The highest BCUT2D eigenvalue weighted by molar-refractivity contribution is 5.76. The summed E-state index contributed by atoms with van der Waals surface area (Å²) in [7, 11) is 0. The monoisotopic (exact) mass is 260 g/mol. The third kappa shape index (κ3) is 2.16. The van der Waals surface area contributed by atoms with E-state index in [9.17, 15) is 18.7 Å². The van der Waals surface area contributed by atoms with Crippen molar-refractivity contribution in [2.75, 3.05) is 0 Å². The van der Waals surface area contributed by atoms with E-state index in [1.54, 1.807) is 6.08 Å². The Morgan fingerprint density at radius 3 is 2.83 bits per heavy atom. The molecule has 0 radical (unpaired) electrons. The Morgan fingerprint density at radius 2 is 2.28 bits per heavy atom. The van der Waals surface area contributed by atoms with Crippen molar-refractivity contribution in [3.8, 4) is 0 Å². The lowest BCUT2D eigenvalue weighted by Gasteiger charge is -2.43. The summed E-state index contributed by atoms with van der Waals surface area (Å²) in [6.07, 6.45) is 3.75. The lowest BCUT2D eigenvalue weighted by atomic mass is 9.64.